The molecular weight excluding hydrogens is 282 g/mol. The standard InChI is InChI=1S/C15H23N5S/c1-5-7-12-19-14(16-6-2)11(4)15(20-12)17-8-13-18-10(3)9-21-13/h9H,5-8H2,1-4H3,(H2,16,17,19,20). The van der Waals surface area contributed by atoms with Crippen molar-refractivity contribution in [2.75, 3.05) is 17.2 Å². The number of aryl methyl sites for hydroxylation is 2. The molecule has 0 saturated carbocycles. The fraction of sp³-hybridized carbons (Fsp3) is 0.533. The summed E-state index contributed by atoms with van der Waals surface area (Å²) in [6, 6.07) is 0. The van der Waals surface area contributed by atoms with E-state index in [0.717, 1.165) is 53.1 Å². The quantitative estimate of drug-likeness (QED) is 0.819. The van der Waals surface area contributed by atoms with Gasteiger partial charge in [0.05, 0.1) is 6.54 Å². The van der Waals surface area contributed by atoms with E-state index in [-0.39, 0.29) is 0 Å². The maximum Gasteiger partial charge on any atom is 0.135 e. The van der Waals surface area contributed by atoms with Crippen LogP contribution in [-0.2, 0) is 13.0 Å². The van der Waals surface area contributed by atoms with Crippen LogP contribution in [-0.4, -0.2) is 21.5 Å². The molecule has 5 nitrogen and oxygen atoms in total. The summed E-state index contributed by atoms with van der Waals surface area (Å²) in [6.07, 6.45) is 1.93. The summed E-state index contributed by atoms with van der Waals surface area (Å²) in [5.74, 6) is 2.71. The molecule has 0 unspecified atom stereocenters. The van der Waals surface area contributed by atoms with E-state index in [1.807, 2.05) is 13.8 Å². The molecule has 0 aromatic carbocycles. The van der Waals surface area contributed by atoms with E-state index >= 15 is 0 Å². The fourth-order valence-electron chi connectivity index (χ4n) is 2.05. The predicted molar refractivity (Wildman–Crippen MR) is 89.1 cm³/mol. The predicted octanol–water partition coefficient (Wildman–Crippen LogP) is 3.55. The van der Waals surface area contributed by atoms with Crippen LogP contribution in [0.1, 0.15) is 42.4 Å². The average Bonchev–Trinajstić information content (AvgIpc) is 2.87. The molecule has 0 fully saturated rings. The summed E-state index contributed by atoms with van der Waals surface area (Å²) in [4.78, 5) is 13.7. The summed E-state index contributed by atoms with van der Waals surface area (Å²) in [7, 11) is 0. The Morgan fingerprint density at radius 1 is 1.05 bits per heavy atom. The minimum atomic E-state index is 0.702. The maximum atomic E-state index is 4.64. The highest BCUT2D eigenvalue weighted by Crippen LogP contribution is 2.21. The molecule has 2 aromatic rings. The molecule has 0 aliphatic rings. The Labute approximate surface area is 130 Å². The van der Waals surface area contributed by atoms with Crippen LogP contribution in [0.15, 0.2) is 5.38 Å². The van der Waals surface area contributed by atoms with Crippen molar-refractivity contribution in [3.8, 4) is 0 Å². The lowest BCUT2D eigenvalue weighted by atomic mass is 10.2. The first-order valence-electron chi connectivity index (χ1n) is 7.40. The van der Waals surface area contributed by atoms with E-state index in [1.165, 1.54) is 0 Å². The molecule has 2 heterocycles. The van der Waals surface area contributed by atoms with Crippen molar-refractivity contribution in [1.29, 1.82) is 0 Å². The van der Waals surface area contributed by atoms with Gasteiger partial charge in [-0.3, -0.25) is 0 Å². The Morgan fingerprint density at radius 3 is 2.33 bits per heavy atom. The highest BCUT2D eigenvalue weighted by Gasteiger charge is 2.10. The van der Waals surface area contributed by atoms with Gasteiger partial charge in [0, 0.05) is 29.6 Å². The lowest BCUT2D eigenvalue weighted by Crippen LogP contribution is -2.11. The second-order valence-electron chi connectivity index (χ2n) is 4.98. The average molecular weight is 305 g/mol. The van der Waals surface area contributed by atoms with Gasteiger partial charge in [-0.2, -0.15) is 0 Å². The van der Waals surface area contributed by atoms with Gasteiger partial charge in [-0.25, -0.2) is 15.0 Å². The molecule has 21 heavy (non-hydrogen) atoms. The van der Waals surface area contributed by atoms with Crippen molar-refractivity contribution >= 4 is 23.0 Å². The second-order valence-corrected chi connectivity index (χ2v) is 5.92. The number of thiazole rings is 1. The zero-order valence-electron chi connectivity index (χ0n) is 13.2. The summed E-state index contributed by atoms with van der Waals surface area (Å²) in [5.41, 5.74) is 2.13. The second kappa shape index (κ2) is 7.36. The number of rotatable bonds is 7. The molecule has 0 bridgehead atoms. The normalized spacial score (nSPS) is 10.7. The molecule has 0 spiro atoms. The third kappa shape index (κ3) is 4.14. The van der Waals surface area contributed by atoms with Crippen molar-refractivity contribution in [3.63, 3.8) is 0 Å². The Kier molecular flexibility index (Phi) is 5.50. The minimum Gasteiger partial charge on any atom is -0.370 e. The molecule has 6 heteroatoms. The number of anilines is 2. The highest BCUT2D eigenvalue weighted by molar-refractivity contribution is 7.09. The van der Waals surface area contributed by atoms with E-state index in [1.54, 1.807) is 11.3 Å². The molecule has 2 aromatic heterocycles. The molecule has 114 valence electrons. The van der Waals surface area contributed by atoms with Crippen LogP contribution in [0.25, 0.3) is 0 Å². The van der Waals surface area contributed by atoms with Gasteiger partial charge in [-0.15, -0.1) is 11.3 Å². The molecule has 0 amide bonds. The fourth-order valence-corrected chi connectivity index (χ4v) is 2.76. The Hall–Kier alpha value is -1.69. The van der Waals surface area contributed by atoms with Crippen LogP contribution in [0, 0.1) is 13.8 Å². The van der Waals surface area contributed by atoms with Crippen LogP contribution in [0.4, 0.5) is 11.6 Å². The SMILES string of the molecule is CCCc1nc(NCC)c(C)c(NCc2nc(C)cs2)n1. The Balaban J connectivity index is 2.19. The van der Waals surface area contributed by atoms with Crippen molar-refractivity contribution in [2.24, 2.45) is 0 Å². The molecule has 2 rings (SSSR count). The lowest BCUT2D eigenvalue weighted by Gasteiger charge is -2.14. The van der Waals surface area contributed by atoms with Crippen LogP contribution in [0.5, 0.6) is 0 Å². The minimum absolute atomic E-state index is 0.702. The summed E-state index contributed by atoms with van der Waals surface area (Å²) in [5, 5.41) is 9.85. The van der Waals surface area contributed by atoms with E-state index < -0.39 is 0 Å². The van der Waals surface area contributed by atoms with Gasteiger partial charge >= 0.3 is 0 Å². The van der Waals surface area contributed by atoms with Crippen molar-refractivity contribution < 1.29 is 0 Å². The number of hydrogen-bond acceptors (Lipinski definition) is 6. The van der Waals surface area contributed by atoms with E-state index in [0.29, 0.717) is 6.54 Å². The van der Waals surface area contributed by atoms with Crippen molar-refractivity contribution in [2.45, 2.75) is 47.1 Å². The molecule has 0 aliphatic heterocycles. The highest BCUT2D eigenvalue weighted by atomic mass is 32.1. The van der Waals surface area contributed by atoms with Gasteiger partial charge in [0.15, 0.2) is 0 Å². The monoisotopic (exact) mass is 305 g/mol. The number of aromatic nitrogens is 3. The largest absolute Gasteiger partial charge is 0.370 e. The molecular formula is C15H23N5S. The first-order valence-corrected chi connectivity index (χ1v) is 8.28. The van der Waals surface area contributed by atoms with Crippen LogP contribution in [0.3, 0.4) is 0 Å². The summed E-state index contributed by atoms with van der Waals surface area (Å²) in [6.45, 7) is 9.83. The molecule has 0 atom stereocenters. The third-order valence-corrected chi connectivity index (χ3v) is 4.05. The molecule has 2 N–H and O–H groups in total. The first kappa shape index (κ1) is 15.7. The van der Waals surface area contributed by atoms with E-state index in [9.17, 15) is 0 Å². The van der Waals surface area contributed by atoms with Gasteiger partial charge in [0.25, 0.3) is 0 Å². The van der Waals surface area contributed by atoms with Crippen LogP contribution >= 0.6 is 11.3 Å². The Morgan fingerprint density at radius 2 is 1.76 bits per heavy atom. The molecule has 0 radical (unpaired) electrons. The van der Waals surface area contributed by atoms with Crippen molar-refractivity contribution in [1.82, 2.24) is 15.0 Å². The van der Waals surface area contributed by atoms with Crippen molar-refractivity contribution in [3.05, 3.63) is 27.5 Å². The van der Waals surface area contributed by atoms with Crippen LogP contribution in [0.2, 0.25) is 0 Å². The third-order valence-electron chi connectivity index (χ3n) is 3.08. The zero-order chi connectivity index (χ0) is 15.2. The zero-order valence-corrected chi connectivity index (χ0v) is 14.0. The van der Waals surface area contributed by atoms with Gasteiger partial charge in [0.2, 0.25) is 0 Å². The van der Waals surface area contributed by atoms with Gasteiger partial charge in [0.1, 0.15) is 22.5 Å². The van der Waals surface area contributed by atoms with E-state index in [4.69, 9.17) is 0 Å². The smallest absolute Gasteiger partial charge is 0.135 e. The lowest BCUT2D eigenvalue weighted by molar-refractivity contribution is 0.829. The maximum absolute atomic E-state index is 4.64. The van der Waals surface area contributed by atoms with Gasteiger partial charge < -0.3 is 10.6 Å². The summed E-state index contributed by atoms with van der Waals surface area (Å²) >= 11 is 1.67. The number of hydrogen-bond donors (Lipinski definition) is 2. The number of nitrogens with zero attached hydrogens (tertiary/aromatic N) is 3. The number of nitrogens with one attached hydrogen (secondary N) is 2. The molecule has 0 saturated heterocycles. The Bertz CT molecular complexity index is 594. The molecule has 0 aliphatic carbocycles. The van der Waals surface area contributed by atoms with Crippen LogP contribution < -0.4 is 10.6 Å². The first-order chi connectivity index (χ1) is 10.1. The van der Waals surface area contributed by atoms with Gasteiger partial charge in [-0.05, 0) is 27.2 Å². The van der Waals surface area contributed by atoms with Gasteiger partial charge in [-0.1, -0.05) is 6.92 Å². The van der Waals surface area contributed by atoms with E-state index in [2.05, 4.69) is 44.8 Å². The summed E-state index contributed by atoms with van der Waals surface area (Å²) < 4.78 is 0. The topological polar surface area (TPSA) is 62.7 Å².